The lowest BCUT2D eigenvalue weighted by molar-refractivity contribution is -0.126. The van der Waals surface area contributed by atoms with Crippen molar-refractivity contribution in [2.24, 2.45) is 5.92 Å². The third-order valence-electron chi connectivity index (χ3n) is 5.60. The van der Waals surface area contributed by atoms with Gasteiger partial charge in [0, 0.05) is 21.8 Å². The zero-order valence-electron chi connectivity index (χ0n) is 16.8. The molecule has 1 aliphatic carbocycles. The molecular weight excluding hydrogens is 443 g/mol. The minimum Gasteiger partial charge on any atom is -0.351 e. The fraction of sp³-hybridized carbons (Fsp3) is 0.391. The fourth-order valence-corrected chi connectivity index (χ4v) is 4.42. The Bertz CT molecular complexity index is 888. The molecule has 0 spiro atoms. The second-order valence-corrected chi connectivity index (χ2v) is 8.85. The van der Waals surface area contributed by atoms with Gasteiger partial charge in [-0.3, -0.25) is 14.5 Å². The van der Waals surface area contributed by atoms with E-state index in [9.17, 15) is 9.59 Å². The van der Waals surface area contributed by atoms with Gasteiger partial charge in [-0.05, 0) is 54.7 Å². The van der Waals surface area contributed by atoms with Gasteiger partial charge in [-0.1, -0.05) is 61.2 Å². The van der Waals surface area contributed by atoms with Crippen LogP contribution in [-0.4, -0.2) is 23.7 Å². The number of anilines is 1. The molecule has 0 saturated heterocycles. The summed E-state index contributed by atoms with van der Waals surface area (Å²) in [5, 5.41) is 4.20. The Morgan fingerprint density at radius 1 is 1.07 bits per heavy atom. The average molecular weight is 468 g/mol. The van der Waals surface area contributed by atoms with Gasteiger partial charge < -0.3 is 5.32 Å². The smallest absolute Gasteiger partial charge is 0.248 e. The van der Waals surface area contributed by atoms with Gasteiger partial charge in [-0.2, -0.15) is 0 Å². The maximum Gasteiger partial charge on any atom is 0.248 e. The Hall–Kier alpha value is -1.75. The van der Waals surface area contributed by atoms with E-state index < -0.39 is 6.04 Å². The van der Waals surface area contributed by atoms with Crippen molar-refractivity contribution >= 4 is 52.3 Å². The lowest BCUT2D eigenvalue weighted by Gasteiger charge is -2.35. The van der Waals surface area contributed by atoms with Gasteiger partial charge >= 0.3 is 0 Å². The number of alkyl halides is 1. The van der Waals surface area contributed by atoms with E-state index in [-0.39, 0.29) is 23.7 Å². The first-order valence-electron chi connectivity index (χ1n) is 10.1. The molecule has 0 unspecified atom stereocenters. The minimum absolute atomic E-state index is 0.0772. The van der Waals surface area contributed by atoms with Crippen molar-refractivity contribution in [3.05, 3.63) is 64.1 Å². The van der Waals surface area contributed by atoms with Crippen molar-refractivity contribution in [1.29, 1.82) is 0 Å². The Balaban J connectivity index is 2.02. The van der Waals surface area contributed by atoms with Crippen LogP contribution in [0.4, 0.5) is 5.69 Å². The molecule has 0 heterocycles. The van der Waals surface area contributed by atoms with E-state index >= 15 is 0 Å². The first kappa shape index (κ1) is 22.9. The summed E-state index contributed by atoms with van der Waals surface area (Å²) in [6, 6.07) is 13.0. The molecule has 1 N–H and O–H groups in total. The molecule has 2 aromatic carbocycles. The van der Waals surface area contributed by atoms with Crippen molar-refractivity contribution in [2.75, 3.05) is 10.8 Å². The predicted octanol–water partition coefficient (Wildman–Crippen LogP) is 6.00. The quantitative estimate of drug-likeness (QED) is 0.530. The molecule has 2 aromatic rings. The average Bonchev–Trinajstić information content (AvgIpc) is 2.74. The number of rotatable bonds is 6. The molecule has 2 amide bonds. The number of nitrogens with zero attached hydrogens (tertiary/aromatic N) is 1. The van der Waals surface area contributed by atoms with Crippen LogP contribution in [0.15, 0.2) is 48.5 Å². The molecule has 4 nitrogen and oxygen atoms in total. The molecule has 1 fully saturated rings. The second-order valence-electron chi connectivity index (χ2n) is 7.71. The molecule has 1 aliphatic rings. The van der Waals surface area contributed by atoms with Crippen molar-refractivity contribution < 1.29 is 9.59 Å². The summed E-state index contributed by atoms with van der Waals surface area (Å²) in [7, 11) is 0. The van der Waals surface area contributed by atoms with Gasteiger partial charge in [-0.15, -0.1) is 11.6 Å². The number of amides is 2. The highest BCUT2D eigenvalue weighted by atomic mass is 35.5. The molecule has 3 atom stereocenters. The monoisotopic (exact) mass is 466 g/mol. The number of carbonyl (C=O) groups is 2. The number of benzene rings is 2. The molecule has 3 rings (SSSR count). The summed E-state index contributed by atoms with van der Waals surface area (Å²) >= 11 is 18.2. The van der Waals surface area contributed by atoms with Crippen LogP contribution in [0, 0.1) is 5.92 Å². The Morgan fingerprint density at radius 3 is 2.40 bits per heavy atom. The van der Waals surface area contributed by atoms with E-state index in [0.717, 1.165) is 19.3 Å². The Labute approximate surface area is 192 Å². The van der Waals surface area contributed by atoms with E-state index in [1.807, 2.05) is 0 Å². The van der Waals surface area contributed by atoms with Crippen LogP contribution >= 0.6 is 34.8 Å². The highest BCUT2D eigenvalue weighted by Gasteiger charge is 2.34. The van der Waals surface area contributed by atoms with Crippen LogP contribution < -0.4 is 10.2 Å². The summed E-state index contributed by atoms with van der Waals surface area (Å²) in [6.45, 7) is 2.15. The van der Waals surface area contributed by atoms with Gasteiger partial charge in [0.25, 0.3) is 0 Å². The van der Waals surface area contributed by atoms with Gasteiger partial charge in [0.1, 0.15) is 11.9 Å². The first-order valence-corrected chi connectivity index (χ1v) is 11.4. The van der Waals surface area contributed by atoms with Crippen molar-refractivity contribution in [2.45, 2.75) is 44.7 Å². The predicted molar refractivity (Wildman–Crippen MR) is 123 cm³/mol. The van der Waals surface area contributed by atoms with Crippen LogP contribution in [0.5, 0.6) is 0 Å². The van der Waals surface area contributed by atoms with Gasteiger partial charge in [0.2, 0.25) is 11.8 Å². The SMILES string of the molecule is C[C@@H]1CCCC[C@@H]1NC(=O)[C@H](c1ccc(Cl)cc1)N(C(=O)CCl)c1cccc(Cl)c1. The van der Waals surface area contributed by atoms with E-state index in [1.165, 1.54) is 11.3 Å². The van der Waals surface area contributed by atoms with Crippen molar-refractivity contribution in [1.82, 2.24) is 5.32 Å². The molecule has 1 saturated carbocycles. The molecule has 0 aromatic heterocycles. The topological polar surface area (TPSA) is 49.4 Å². The lowest BCUT2D eigenvalue weighted by Crippen LogP contribution is -2.49. The van der Waals surface area contributed by atoms with Gasteiger partial charge in [0.05, 0.1) is 0 Å². The fourth-order valence-electron chi connectivity index (χ4n) is 3.98. The maximum atomic E-state index is 13.5. The molecule has 0 aliphatic heterocycles. The van der Waals surface area contributed by atoms with E-state index in [1.54, 1.807) is 48.5 Å². The van der Waals surface area contributed by atoms with Crippen LogP contribution in [0.2, 0.25) is 10.0 Å². The van der Waals surface area contributed by atoms with E-state index in [0.29, 0.717) is 27.2 Å². The molecular formula is C23H25Cl3N2O2. The zero-order chi connectivity index (χ0) is 21.7. The number of hydrogen-bond acceptors (Lipinski definition) is 2. The Morgan fingerprint density at radius 2 is 1.77 bits per heavy atom. The summed E-state index contributed by atoms with van der Waals surface area (Å²) in [4.78, 5) is 27.9. The summed E-state index contributed by atoms with van der Waals surface area (Å²) in [5.74, 6) is -0.499. The number of nitrogens with one attached hydrogen (secondary N) is 1. The van der Waals surface area contributed by atoms with Gasteiger partial charge in [0.15, 0.2) is 0 Å². The van der Waals surface area contributed by atoms with Crippen LogP contribution in [0.1, 0.15) is 44.2 Å². The largest absolute Gasteiger partial charge is 0.351 e. The maximum absolute atomic E-state index is 13.5. The number of hydrogen-bond donors (Lipinski definition) is 1. The zero-order valence-corrected chi connectivity index (χ0v) is 19.1. The second kappa shape index (κ2) is 10.5. The molecule has 0 bridgehead atoms. The first-order chi connectivity index (χ1) is 14.4. The summed E-state index contributed by atoms with van der Waals surface area (Å²) in [5.41, 5.74) is 1.17. The van der Waals surface area contributed by atoms with Crippen LogP contribution in [-0.2, 0) is 9.59 Å². The van der Waals surface area contributed by atoms with Crippen LogP contribution in [0.3, 0.4) is 0 Å². The van der Waals surface area contributed by atoms with Crippen molar-refractivity contribution in [3.63, 3.8) is 0 Å². The lowest BCUT2D eigenvalue weighted by atomic mass is 9.85. The van der Waals surface area contributed by atoms with Crippen molar-refractivity contribution in [3.8, 4) is 0 Å². The summed E-state index contributed by atoms with van der Waals surface area (Å²) in [6.07, 6.45) is 4.27. The van der Waals surface area contributed by atoms with E-state index in [4.69, 9.17) is 34.8 Å². The molecule has 160 valence electrons. The molecule has 30 heavy (non-hydrogen) atoms. The van der Waals surface area contributed by atoms with Crippen LogP contribution in [0.25, 0.3) is 0 Å². The minimum atomic E-state index is -0.888. The standard InChI is InChI=1S/C23H25Cl3N2O2/c1-15-5-2-3-8-20(15)27-23(30)22(16-9-11-17(25)12-10-16)28(21(29)14-24)19-7-4-6-18(26)13-19/h4,6-7,9-13,15,20,22H,2-3,5,8,14H2,1H3,(H,27,30)/t15-,20+,22+/m1/s1. The number of carbonyl (C=O) groups excluding carboxylic acids is 2. The third-order valence-corrected chi connectivity index (χ3v) is 6.32. The van der Waals surface area contributed by atoms with E-state index in [2.05, 4.69) is 12.2 Å². The normalized spacial score (nSPS) is 19.7. The highest BCUT2D eigenvalue weighted by molar-refractivity contribution is 6.32. The Kier molecular flexibility index (Phi) is 8.04. The summed E-state index contributed by atoms with van der Waals surface area (Å²) < 4.78 is 0. The third kappa shape index (κ3) is 5.48. The number of halogens is 3. The molecule has 7 heteroatoms. The molecule has 0 radical (unpaired) electrons. The highest BCUT2D eigenvalue weighted by Crippen LogP contribution is 2.32. The van der Waals surface area contributed by atoms with Gasteiger partial charge in [-0.25, -0.2) is 0 Å².